The summed E-state index contributed by atoms with van der Waals surface area (Å²) in [6.45, 7) is 2.13. The molecule has 2 aromatic rings. The molecule has 0 spiro atoms. The summed E-state index contributed by atoms with van der Waals surface area (Å²) in [5.41, 5.74) is 4.41. The summed E-state index contributed by atoms with van der Waals surface area (Å²) >= 11 is 0. The normalized spacial score (nSPS) is 29.5. The molecule has 1 heteroatoms. The first-order valence-corrected chi connectivity index (χ1v) is 8.71. The average Bonchev–Trinajstić information content (AvgIpc) is 2.75. The van der Waals surface area contributed by atoms with E-state index in [4.69, 9.17) is 0 Å². The molecule has 0 fully saturated rings. The number of hydrogen-bond donors (Lipinski definition) is 1. The number of rotatable bonds is 1. The Morgan fingerprint density at radius 3 is 2.61 bits per heavy atom. The van der Waals surface area contributed by atoms with Crippen molar-refractivity contribution in [1.29, 1.82) is 0 Å². The van der Waals surface area contributed by atoms with Crippen LogP contribution in [0.2, 0.25) is 0 Å². The van der Waals surface area contributed by atoms with E-state index in [1.807, 2.05) is 0 Å². The number of hydrogen-bond acceptors (Lipinski definition) is 1. The van der Waals surface area contributed by atoms with Crippen molar-refractivity contribution in [2.75, 3.05) is 0 Å². The van der Waals surface area contributed by atoms with Gasteiger partial charge in [-0.2, -0.15) is 0 Å². The van der Waals surface area contributed by atoms with E-state index in [2.05, 4.69) is 67.6 Å². The minimum Gasteiger partial charge on any atom is -0.385 e. The van der Waals surface area contributed by atoms with Crippen molar-refractivity contribution in [2.45, 2.75) is 44.1 Å². The second-order valence-corrected chi connectivity index (χ2v) is 7.15. The van der Waals surface area contributed by atoms with Gasteiger partial charge < -0.3 is 5.11 Å². The van der Waals surface area contributed by atoms with Crippen LogP contribution in [0.25, 0.3) is 0 Å². The maximum Gasteiger partial charge on any atom is 0.0967 e. The minimum absolute atomic E-state index is 0.287. The van der Waals surface area contributed by atoms with Crippen molar-refractivity contribution in [3.8, 4) is 0 Å². The average molecular weight is 304 g/mol. The SMILES string of the molecule is Cc1ccc([C@@H]2CC=CC[C@]3(O)c4ccccc4CC[C@@H]23)cc1. The second-order valence-electron chi connectivity index (χ2n) is 7.15. The molecule has 1 nitrogen and oxygen atoms in total. The van der Waals surface area contributed by atoms with Crippen LogP contribution in [0.3, 0.4) is 0 Å². The van der Waals surface area contributed by atoms with Gasteiger partial charge in [0.1, 0.15) is 0 Å². The third-order valence-corrected chi connectivity index (χ3v) is 5.80. The molecule has 1 N–H and O–H groups in total. The van der Waals surface area contributed by atoms with Gasteiger partial charge in [-0.25, -0.2) is 0 Å². The van der Waals surface area contributed by atoms with Gasteiger partial charge >= 0.3 is 0 Å². The molecule has 4 rings (SSSR count). The van der Waals surface area contributed by atoms with Crippen LogP contribution >= 0.6 is 0 Å². The van der Waals surface area contributed by atoms with Crippen molar-refractivity contribution in [3.63, 3.8) is 0 Å². The molecule has 2 aromatic carbocycles. The third-order valence-electron chi connectivity index (χ3n) is 5.80. The molecule has 0 bridgehead atoms. The molecule has 2 aliphatic carbocycles. The third kappa shape index (κ3) is 2.44. The number of allylic oxidation sites excluding steroid dienone is 1. The number of aliphatic hydroxyl groups is 1. The fourth-order valence-electron chi connectivity index (χ4n) is 4.56. The van der Waals surface area contributed by atoms with Crippen LogP contribution in [-0.2, 0) is 12.0 Å². The van der Waals surface area contributed by atoms with Crippen molar-refractivity contribution in [1.82, 2.24) is 0 Å². The van der Waals surface area contributed by atoms with Crippen LogP contribution in [0.15, 0.2) is 60.7 Å². The van der Waals surface area contributed by atoms with Crippen LogP contribution in [0, 0.1) is 12.8 Å². The predicted octanol–water partition coefficient (Wildman–Crippen LogP) is 4.88. The molecule has 0 saturated carbocycles. The topological polar surface area (TPSA) is 20.2 Å². The minimum atomic E-state index is -0.725. The maximum atomic E-state index is 11.7. The molecule has 3 atom stereocenters. The van der Waals surface area contributed by atoms with Crippen LogP contribution in [0.1, 0.15) is 47.4 Å². The highest BCUT2D eigenvalue weighted by molar-refractivity contribution is 5.39. The van der Waals surface area contributed by atoms with Crippen LogP contribution in [0.4, 0.5) is 0 Å². The van der Waals surface area contributed by atoms with Gasteiger partial charge in [-0.1, -0.05) is 66.2 Å². The highest BCUT2D eigenvalue weighted by Crippen LogP contribution is 2.51. The molecule has 0 unspecified atom stereocenters. The van der Waals surface area contributed by atoms with Gasteiger partial charge in [0.25, 0.3) is 0 Å². The monoisotopic (exact) mass is 304 g/mol. The number of benzene rings is 2. The molecule has 0 amide bonds. The molecule has 0 aromatic heterocycles. The molecule has 118 valence electrons. The van der Waals surface area contributed by atoms with Gasteiger partial charge in [0.15, 0.2) is 0 Å². The Morgan fingerprint density at radius 2 is 1.78 bits per heavy atom. The second kappa shape index (κ2) is 5.65. The van der Waals surface area contributed by atoms with Crippen LogP contribution in [0.5, 0.6) is 0 Å². The van der Waals surface area contributed by atoms with Gasteiger partial charge in [-0.05, 0) is 61.1 Å². The summed E-state index contributed by atoms with van der Waals surface area (Å²) in [6.07, 6.45) is 8.35. The van der Waals surface area contributed by atoms with E-state index in [9.17, 15) is 5.11 Å². The Hall–Kier alpha value is -1.86. The zero-order chi connectivity index (χ0) is 15.9. The van der Waals surface area contributed by atoms with Crippen molar-refractivity contribution >= 4 is 0 Å². The Morgan fingerprint density at radius 1 is 1.00 bits per heavy atom. The summed E-state index contributed by atoms with van der Waals surface area (Å²) in [6, 6.07) is 17.4. The molecule has 0 aliphatic heterocycles. The molecule has 2 aliphatic rings. The summed E-state index contributed by atoms with van der Waals surface area (Å²) in [5.74, 6) is 0.683. The maximum absolute atomic E-state index is 11.7. The lowest BCUT2D eigenvalue weighted by molar-refractivity contribution is -0.0416. The van der Waals surface area contributed by atoms with E-state index in [1.165, 1.54) is 16.7 Å². The highest BCUT2D eigenvalue weighted by atomic mass is 16.3. The number of fused-ring (bicyclic) bond motifs is 3. The van der Waals surface area contributed by atoms with Gasteiger partial charge in [-0.15, -0.1) is 0 Å². The Kier molecular flexibility index (Phi) is 3.61. The van der Waals surface area contributed by atoms with Crippen molar-refractivity contribution in [2.24, 2.45) is 5.92 Å². The zero-order valence-electron chi connectivity index (χ0n) is 13.7. The quantitative estimate of drug-likeness (QED) is 0.745. The van der Waals surface area contributed by atoms with Gasteiger partial charge in [-0.3, -0.25) is 0 Å². The largest absolute Gasteiger partial charge is 0.385 e. The van der Waals surface area contributed by atoms with Gasteiger partial charge in [0.2, 0.25) is 0 Å². The molecule has 0 heterocycles. The molecular formula is C22H24O. The summed E-state index contributed by atoms with van der Waals surface area (Å²) in [5, 5.41) is 11.7. The Bertz CT molecular complexity index is 728. The summed E-state index contributed by atoms with van der Waals surface area (Å²) in [7, 11) is 0. The van der Waals surface area contributed by atoms with Crippen LogP contribution in [-0.4, -0.2) is 5.11 Å². The Balaban J connectivity index is 1.79. The summed E-state index contributed by atoms with van der Waals surface area (Å²) < 4.78 is 0. The first-order valence-electron chi connectivity index (χ1n) is 8.71. The molecular weight excluding hydrogens is 280 g/mol. The summed E-state index contributed by atoms with van der Waals surface area (Å²) in [4.78, 5) is 0. The number of aryl methyl sites for hydroxylation is 2. The van der Waals surface area contributed by atoms with E-state index in [-0.39, 0.29) is 5.92 Å². The van der Waals surface area contributed by atoms with E-state index in [0.717, 1.165) is 31.2 Å². The van der Waals surface area contributed by atoms with Gasteiger partial charge in [0.05, 0.1) is 5.60 Å². The van der Waals surface area contributed by atoms with E-state index in [1.54, 1.807) is 0 Å². The molecule has 0 saturated heterocycles. The lowest BCUT2D eigenvalue weighted by atomic mass is 9.64. The van der Waals surface area contributed by atoms with Gasteiger partial charge in [0, 0.05) is 0 Å². The van der Waals surface area contributed by atoms with E-state index in [0.29, 0.717) is 5.92 Å². The standard InChI is InChI=1S/C22H24O/c1-16-9-11-17(12-10-16)19-7-4-5-15-22(23)20-8-3-2-6-18(20)13-14-21(19)22/h2-6,8-12,19,21,23H,7,13-15H2,1H3/t19-,21-,22-/m0/s1. The van der Waals surface area contributed by atoms with Crippen LogP contribution < -0.4 is 0 Å². The highest BCUT2D eigenvalue weighted by Gasteiger charge is 2.46. The lowest BCUT2D eigenvalue weighted by Crippen LogP contribution is -2.41. The zero-order valence-corrected chi connectivity index (χ0v) is 13.7. The molecule has 0 radical (unpaired) electrons. The fraction of sp³-hybridized carbons (Fsp3) is 0.364. The van der Waals surface area contributed by atoms with Crippen molar-refractivity contribution < 1.29 is 5.11 Å². The molecule has 23 heavy (non-hydrogen) atoms. The van der Waals surface area contributed by atoms with E-state index >= 15 is 0 Å². The van der Waals surface area contributed by atoms with E-state index < -0.39 is 5.60 Å². The first-order chi connectivity index (χ1) is 11.2. The van der Waals surface area contributed by atoms with Crippen molar-refractivity contribution in [3.05, 3.63) is 82.9 Å². The predicted molar refractivity (Wildman–Crippen MR) is 94.4 cm³/mol. The smallest absolute Gasteiger partial charge is 0.0967 e. The Labute approximate surface area is 138 Å². The fourth-order valence-corrected chi connectivity index (χ4v) is 4.56. The first kappa shape index (κ1) is 14.7. The lowest BCUT2D eigenvalue weighted by Gasteiger charge is -2.44.